The van der Waals surface area contributed by atoms with Crippen molar-refractivity contribution >= 4 is 35.3 Å². The maximum Gasteiger partial charge on any atom is 0.291 e. The van der Waals surface area contributed by atoms with E-state index in [1.165, 1.54) is 37.9 Å². The zero-order valence-corrected chi connectivity index (χ0v) is 41.0. The van der Waals surface area contributed by atoms with Crippen LogP contribution in [-0.2, 0) is 63.7 Å². The molecule has 2 N–H and O–H groups in total. The number of carbonyl (C=O) groups is 4. The van der Waals surface area contributed by atoms with E-state index in [-0.39, 0.29) is 54.8 Å². The van der Waals surface area contributed by atoms with Crippen LogP contribution in [0.1, 0.15) is 75.0 Å². The summed E-state index contributed by atoms with van der Waals surface area (Å²) in [6.07, 6.45) is 6.74. The third-order valence-electron chi connectivity index (χ3n) is 15.5. The molecule has 12 rings (SSSR count). The molecular weight excluding hydrogens is 959 g/mol. The molecule has 0 saturated carbocycles. The minimum atomic E-state index is -0.859. The topological polar surface area (TPSA) is 221 Å². The Balaban J connectivity index is 0.629. The van der Waals surface area contributed by atoms with E-state index in [9.17, 15) is 23.6 Å². The van der Waals surface area contributed by atoms with E-state index in [0.29, 0.717) is 92.5 Å². The minimum Gasteiger partial charge on any atom is -0.375 e. The van der Waals surface area contributed by atoms with Gasteiger partial charge >= 0.3 is 0 Å². The van der Waals surface area contributed by atoms with Crippen molar-refractivity contribution in [1.29, 1.82) is 0 Å². The summed E-state index contributed by atoms with van der Waals surface area (Å²) in [6, 6.07) is 14.2. The quantitative estimate of drug-likeness (QED) is 0.149. The number of amides is 4. The molecule has 10 heterocycles. The SMILES string of the molecule is CN1C(=O)[C@@H](NC(=O)c2ncn(Cc3cccc(C45CC(CO4)N(CCc4cc6n(n4)CC[C@@H](NC(=O)c4ncn(Cc7ccccc7F)n4)C(=O)N6C)C5)c3F)n2)CCn2nc(CCN3CC4CC3CO4)cc21. The molecule has 4 saturated heterocycles. The van der Waals surface area contributed by atoms with Crippen LogP contribution < -0.4 is 20.4 Å². The standard InChI is InChI=1S/C50H56F2N16O6/c1-61-41-18-32(10-14-63-24-36-20-34(63)25-73-36)57-67(41)16-12-40(48(61)71)56-47(70)45-54-29-66(60-45)23-31-7-5-8-37(43(31)52)50-21-35(26-74-50)64(27-50)15-11-33-19-42-62(2)49(72)39(13-17-68(42)58-33)55-46(69)44-53-28-65(59-44)22-30-6-3-4-9-38(30)51/h3-9,18-19,28-29,34-36,39-40H,10-17,20-27H2,1-2H3,(H,55,69)(H,56,70)/t34?,35?,36?,39-,40+,50?/m1/s1. The largest absolute Gasteiger partial charge is 0.375 e. The monoisotopic (exact) mass is 1010 g/mol. The van der Waals surface area contributed by atoms with Gasteiger partial charge in [0.2, 0.25) is 11.6 Å². The van der Waals surface area contributed by atoms with Crippen LogP contribution in [0, 0.1) is 11.6 Å². The minimum absolute atomic E-state index is 0.0145. The van der Waals surface area contributed by atoms with Gasteiger partial charge in [0.05, 0.1) is 43.8 Å². The van der Waals surface area contributed by atoms with Crippen LogP contribution in [-0.4, -0.2) is 166 Å². The van der Waals surface area contributed by atoms with Crippen molar-refractivity contribution in [3.05, 3.63) is 119 Å². The van der Waals surface area contributed by atoms with E-state index in [4.69, 9.17) is 19.7 Å². The summed E-state index contributed by atoms with van der Waals surface area (Å²) in [6.45, 7) is 5.10. The van der Waals surface area contributed by atoms with Crippen molar-refractivity contribution in [3.8, 4) is 0 Å². The van der Waals surface area contributed by atoms with Gasteiger partial charge in [-0.1, -0.05) is 36.4 Å². The fourth-order valence-electron chi connectivity index (χ4n) is 11.5. The third-order valence-corrected chi connectivity index (χ3v) is 15.5. The zero-order valence-electron chi connectivity index (χ0n) is 41.0. The summed E-state index contributed by atoms with van der Waals surface area (Å²) in [4.78, 5) is 69.9. The van der Waals surface area contributed by atoms with E-state index in [2.05, 4.69) is 40.6 Å². The molecule has 4 bridgehead atoms. The van der Waals surface area contributed by atoms with Gasteiger partial charge in [-0.25, -0.2) is 37.5 Å². The van der Waals surface area contributed by atoms with Crippen LogP contribution in [0.5, 0.6) is 0 Å². The van der Waals surface area contributed by atoms with Gasteiger partial charge in [-0.2, -0.15) is 10.2 Å². The number of nitrogens with one attached hydrogen (secondary N) is 2. The molecule has 4 fully saturated rings. The summed E-state index contributed by atoms with van der Waals surface area (Å²) in [5.74, 6) is -1.56. The number of likely N-dealkylation sites (tertiary alicyclic amines) is 2. The number of aromatic nitrogens is 10. The highest BCUT2D eigenvalue weighted by Gasteiger charge is 2.53. The summed E-state index contributed by atoms with van der Waals surface area (Å²) in [7, 11) is 3.34. The van der Waals surface area contributed by atoms with Crippen LogP contribution in [0.2, 0.25) is 0 Å². The molecule has 22 nitrogen and oxygen atoms in total. The van der Waals surface area contributed by atoms with Crippen molar-refractivity contribution in [2.75, 3.05) is 63.3 Å². The number of ether oxygens (including phenoxy) is 2. The number of benzene rings is 2. The van der Waals surface area contributed by atoms with E-state index in [1.54, 1.807) is 55.2 Å². The molecule has 386 valence electrons. The number of halogens is 2. The lowest BCUT2D eigenvalue weighted by molar-refractivity contribution is -0.120. The molecule has 4 aromatic heterocycles. The number of nitrogens with zero attached hydrogens (tertiary/aromatic N) is 14. The molecule has 4 amide bonds. The van der Waals surface area contributed by atoms with Crippen LogP contribution in [0.15, 0.2) is 67.3 Å². The summed E-state index contributed by atoms with van der Waals surface area (Å²) < 4.78 is 49.2. The first kappa shape index (κ1) is 47.7. The van der Waals surface area contributed by atoms with Crippen LogP contribution in [0.25, 0.3) is 0 Å². The fourth-order valence-corrected chi connectivity index (χ4v) is 11.5. The van der Waals surface area contributed by atoms with Gasteiger partial charge in [-0.05, 0) is 31.7 Å². The predicted octanol–water partition coefficient (Wildman–Crippen LogP) is 1.53. The lowest BCUT2D eigenvalue weighted by Gasteiger charge is -2.33. The Morgan fingerprint density at radius 2 is 1.32 bits per heavy atom. The molecule has 24 heteroatoms. The Labute approximate surface area is 423 Å². The number of likely N-dealkylation sites (N-methyl/N-ethyl adjacent to an activating group) is 2. The van der Waals surface area contributed by atoms with E-state index in [1.807, 2.05) is 16.8 Å². The van der Waals surface area contributed by atoms with Crippen molar-refractivity contribution in [2.45, 2.75) is 101 Å². The second-order valence-electron chi connectivity index (χ2n) is 20.2. The van der Waals surface area contributed by atoms with Crippen molar-refractivity contribution in [3.63, 3.8) is 0 Å². The fraction of sp³-hybridized carbons (Fsp3) is 0.480. The summed E-state index contributed by atoms with van der Waals surface area (Å²) in [5, 5.41) is 23.8. The van der Waals surface area contributed by atoms with E-state index >= 15 is 4.39 Å². The first-order valence-corrected chi connectivity index (χ1v) is 25.2. The zero-order chi connectivity index (χ0) is 50.8. The number of hydrogen-bond acceptors (Lipinski definition) is 14. The van der Waals surface area contributed by atoms with E-state index in [0.717, 1.165) is 43.9 Å². The number of fused-ring (bicyclic) bond motifs is 6. The van der Waals surface area contributed by atoms with Crippen molar-refractivity contribution in [1.82, 2.24) is 69.5 Å². The molecule has 0 spiro atoms. The number of rotatable bonds is 15. The van der Waals surface area contributed by atoms with Crippen LogP contribution in [0.4, 0.5) is 20.4 Å². The Morgan fingerprint density at radius 3 is 1.92 bits per heavy atom. The maximum atomic E-state index is 16.6. The Bertz CT molecular complexity index is 3150. The van der Waals surface area contributed by atoms with Gasteiger partial charge in [0, 0.05) is 107 Å². The lowest BCUT2D eigenvalue weighted by atomic mass is 9.91. The third kappa shape index (κ3) is 9.02. The molecule has 6 aliphatic rings. The Morgan fingerprint density at radius 1 is 0.730 bits per heavy atom. The molecule has 6 atom stereocenters. The first-order chi connectivity index (χ1) is 35.8. The molecule has 4 unspecified atom stereocenters. The highest BCUT2D eigenvalue weighted by molar-refractivity contribution is 6.01. The highest BCUT2D eigenvalue weighted by Crippen LogP contribution is 2.46. The molecule has 0 aliphatic carbocycles. The smallest absolute Gasteiger partial charge is 0.291 e. The van der Waals surface area contributed by atoms with Gasteiger partial charge in [-0.3, -0.25) is 38.8 Å². The van der Waals surface area contributed by atoms with Crippen LogP contribution in [0.3, 0.4) is 0 Å². The highest BCUT2D eigenvalue weighted by atomic mass is 19.1. The number of morpholine rings is 2. The maximum absolute atomic E-state index is 16.6. The number of aryl methyl sites for hydroxylation is 2. The Kier molecular flexibility index (Phi) is 12.4. The molecular formula is C50H56F2N16O6. The van der Waals surface area contributed by atoms with Crippen LogP contribution >= 0.6 is 0 Å². The molecule has 2 aromatic carbocycles. The average molecular weight is 1020 g/mol. The summed E-state index contributed by atoms with van der Waals surface area (Å²) in [5.41, 5.74) is 2.07. The lowest BCUT2D eigenvalue weighted by Crippen LogP contribution is -2.47. The van der Waals surface area contributed by atoms with Gasteiger partial charge in [0.15, 0.2) is 0 Å². The molecule has 6 aliphatic heterocycles. The number of anilines is 2. The van der Waals surface area contributed by atoms with Crippen molar-refractivity contribution in [2.24, 2.45) is 0 Å². The normalized spacial score (nSPS) is 24.6. The first-order valence-electron chi connectivity index (χ1n) is 25.2. The summed E-state index contributed by atoms with van der Waals surface area (Å²) >= 11 is 0. The van der Waals surface area contributed by atoms with Gasteiger partial charge in [-0.15, -0.1) is 10.2 Å². The molecule has 74 heavy (non-hydrogen) atoms. The average Bonchev–Trinajstić information content (AvgIpc) is 4.29. The number of carbonyl (C=O) groups excluding carboxylic acids is 4. The van der Waals surface area contributed by atoms with E-state index < -0.39 is 35.3 Å². The second-order valence-corrected chi connectivity index (χ2v) is 20.2. The van der Waals surface area contributed by atoms with Crippen molar-refractivity contribution < 1.29 is 37.4 Å². The van der Waals surface area contributed by atoms with Gasteiger partial charge in [0.1, 0.15) is 53.6 Å². The van der Waals surface area contributed by atoms with Gasteiger partial charge in [0.25, 0.3) is 23.6 Å². The number of hydrogen-bond donors (Lipinski definition) is 2. The predicted molar refractivity (Wildman–Crippen MR) is 259 cm³/mol. The Hall–Kier alpha value is -7.28. The second kappa shape index (κ2) is 19.2. The van der Waals surface area contributed by atoms with Gasteiger partial charge < -0.3 is 20.1 Å². The molecule has 0 radical (unpaired) electrons. The molecule has 6 aromatic rings.